The normalized spacial score (nSPS) is 16.6. The summed E-state index contributed by atoms with van der Waals surface area (Å²) in [6.45, 7) is 11.1. The highest BCUT2D eigenvalue weighted by molar-refractivity contribution is 4.93. The zero-order valence-corrected chi connectivity index (χ0v) is 11.6. The summed E-state index contributed by atoms with van der Waals surface area (Å²) in [7, 11) is 0. The van der Waals surface area contributed by atoms with Gasteiger partial charge in [-0.2, -0.15) is 0 Å². The van der Waals surface area contributed by atoms with Crippen LogP contribution in [0.15, 0.2) is 11.6 Å². The highest BCUT2D eigenvalue weighted by Crippen LogP contribution is 2.09. The quantitative estimate of drug-likeness (QED) is 0.624. The summed E-state index contributed by atoms with van der Waals surface area (Å²) in [5, 5.41) is 12.8. The van der Waals surface area contributed by atoms with Gasteiger partial charge < -0.3 is 10.4 Å². The Bertz CT molecular complexity index is 197. The lowest BCUT2D eigenvalue weighted by Crippen LogP contribution is -2.43. The molecule has 0 aromatic carbocycles. The Morgan fingerprint density at radius 3 is 2.38 bits per heavy atom. The van der Waals surface area contributed by atoms with E-state index in [9.17, 15) is 5.11 Å². The van der Waals surface area contributed by atoms with E-state index in [1.54, 1.807) is 0 Å². The predicted octanol–water partition coefficient (Wildman–Crippen LogP) is 3.12. The zero-order chi connectivity index (χ0) is 12.6. The lowest BCUT2D eigenvalue weighted by molar-refractivity contribution is 0.190. The molecule has 0 saturated heterocycles. The van der Waals surface area contributed by atoms with Gasteiger partial charge in [-0.3, -0.25) is 0 Å². The van der Waals surface area contributed by atoms with Crippen LogP contribution in [0.3, 0.4) is 0 Å². The summed E-state index contributed by atoms with van der Waals surface area (Å²) in [6, 6.07) is 0.716. The van der Waals surface area contributed by atoms with Crippen LogP contribution in [-0.2, 0) is 0 Å². The first kappa shape index (κ1) is 15.7. The molecule has 0 heterocycles. The summed E-state index contributed by atoms with van der Waals surface area (Å²) in [4.78, 5) is 0. The lowest BCUT2D eigenvalue weighted by atomic mass is 9.98. The molecule has 0 aliphatic heterocycles. The van der Waals surface area contributed by atoms with Crippen molar-refractivity contribution >= 4 is 0 Å². The van der Waals surface area contributed by atoms with Gasteiger partial charge in [-0.05, 0) is 39.5 Å². The van der Waals surface area contributed by atoms with Gasteiger partial charge in [0, 0.05) is 12.1 Å². The number of aliphatic hydroxyl groups is 1. The maximum absolute atomic E-state index is 9.32. The number of hydrogen-bond donors (Lipinski definition) is 2. The van der Waals surface area contributed by atoms with Crippen molar-refractivity contribution in [2.24, 2.45) is 5.92 Å². The van der Waals surface area contributed by atoms with E-state index in [4.69, 9.17) is 0 Å². The average molecular weight is 227 g/mol. The molecular weight excluding hydrogens is 198 g/mol. The summed E-state index contributed by atoms with van der Waals surface area (Å²) in [5.41, 5.74) is 1.38. The maximum Gasteiger partial charge on any atom is 0.0587 e. The van der Waals surface area contributed by atoms with Crippen LogP contribution in [-0.4, -0.2) is 23.8 Å². The molecule has 2 nitrogen and oxygen atoms in total. The smallest absolute Gasteiger partial charge is 0.0587 e. The van der Waals surface area contributed by atoms with Gasteiger partial charge in [0.25, 0.3) is 0 Å². The summed E-state index contributed by atoms with van der Waals surface area (Å²) in [5.74, 6) is 0.538. The topological polar surface area (TPSA) is 32.3 Å². The molecule has 0 aromatic rings. The van der Waals surface area contributed by atoms with Crippen molar-refractivity contribution in [3.05, 3.63) is 11.6 Å². The minimum Gasteiger partial charge on any atom is -0.395 e. The van der Waals surface area contributed by atoms with Gasteiger partial charge >= 0.3 is 0 Å². The highest BCUT2D eigenvalue weighted by Gasteiger charge is 2.16. The third-order valence-electron chi connectivity index (χ3n) is 3.18. The molecule has 2 heteroatoms. The van der Waals surface area contributed by atoms with E-state index in [1.165, 1.54) is 5.57 Å². The second-order valence-corrected chi connectivity index (χ2v) is 5.10. The fraction of sp³-hybridized carbons (Fsp3) is 0.857. The van der Waals surface area contributed by atoms with Crippen molar-refractivity contribution in [2.45, 2.75) is 66.0 Å². The average Bonchev–Trinajstić information content (AvgIpc) is 2.24. The number of allylic oxidation sites excluding steroid dienone is 2. The van der Waals surface area contributed by atoms with Crippen LogP contribution in [0.2, 0.25) is 0 Å². The second kappa shape index (κ2) is 8.77. The van der Waals surface area contributed by atoms with Gasteiger partial charge in [-0.25, -0.2) is 0 Å². The van der Waals surface area contributed by atoms with Gasteiger partial charge in [-0.1, -0.05) is 31.9 Å². The summed E-state index contributed by atoms with van der Waals surface area (Å²) in [6.07, 6.45) is 5.64. The molecule has 2 N–H and O–H groups in total. The standard InChI is InChI=1S/C14H29NO/c1-6-12(4)14(10-16)15-13(5)9-7-8-11(2)3/h8,12-16H,6-7,9-10H2,1-5H3. The third-order valence-corrected chi connectivity index (χ3v) is 3.18. The van der Waals surface area contributed by atoms with Crippen LogP contribution < -0.4 is 5.32 Å². The van der Waals surface area contributed by atoms with Crippen molar-refractivity contribution in [1.29, 1.82) is 0 Å². The Balaban J connectivity index is 3.91. The minimum absolute atomic E-state index is 0.238. The molecule has 0 bridgehead atoms. The molecule has 0 rings (SSSR count). The molecule has 0 radical (unpaired) electrons. The molecule has 0 aliphatic carbocycles. The minimum atomic E-state index is 0.238. The molecule has 0 aromatic heterocycles. The molecule has 3 unspecified atom stereocenters. The van der Waals surface area contributed by atoms with Crippen molar-refractivity contribution in [2.75, 3.05) is 6.61 Å². The number of nitrogens with one attached hydrogen (secondary N) is 1. The summed E-state index contributed by atoms with van der Waals surface area (Å²) < 4.78 is 0. The maximum atomic E-state index is 9.32. The first-order chi connectivity index (χ1) is 7.51. The molecule has 16 heavy (non-hydrogen) atoms. The number of rotatable bonds is 8. The fourth-order valence-corrected chi connectivity index (χ4v) is 1.75. The van der Waals surface area contributed by atoms with E-state index in [1.807, 2.05) is 0 Å². The lowest BCUT2D eigenvalue weighted by Gasteiger charge is -2.26. The van der Waals surface area contributed by atoms with Crippen LogP contribution in [0, 0.1) is 5.92 Å². The van der Waals surface area contributed by atoms with Gasteiger partial charge in [0.15, 0.2) is 0 Å². The molecular formula is C14H29NO. The predicted molar refractivity (Wildman–Crippen MR) is 71.6 cm³/mol. The molecule has 0 amide bonds. The Kier molecular flexibility index (Phi) is 8.58. The van der Waals surface area contributed by atoms with Crippen molar-refractivity contribution < 1.29 is 5.11 Å². The monoisotopic (exact) mass is 227 g/mol. The largest absolute Gasteiger partial charge is 0.395 e. The van der Waals surface area contributed by atoms with Crippen LogP contribution >= 0.6 is 0 Å². The van der Waals surface area contributed by atoms with Crippen molar-refractivity contribution in [3.8, 4) is 0 Å². The molecule has 0 spiro atoms. The SMILES string of the molecule is CCC(C)C(CO)NC(C)CCC=C(C)C. The van der Waals surface area contributed by atoms with Crippen molar-refractivity contribution in [3.63, 3.8) is 0 Å². The first-order valence-electron chi connectivity index (χ1n) is 6.51. The van der Waals surface area contributed by atoms with E-state index in [0.29, 0.717) is 12.0 Å². The Morgan fingerprint density at radius 1 is 1.31 bits per heavy atom. The second-order valence-electron chi connectivity index (χ2n) is 5.10. The van der Waals surface area contributed by atoms with Crippen LogP contribution in [0.1, 0.15) is 53.9 Å². The fourth-order valence-electron chi connectivity index (χ4n) is 1.75. The Hall–Kier alpha value is -0.340. The van der Waals surface area contributed by atoms with Gasteiger partial charge in [-0.15, -0.1) is 0 Å². The van der Waals surface area contributed by atoms with E-state index in [0.717, 1.165) is 19.3 Å². The molecule has 96 valence electrons. The summed E-state index contributed by atoms with van der Waals surface area (Å²) >= 11 is 0. The molecule has 0 fully saturated rings. The Morgan fingerprint density at radius 2 is 1.94 bits per heavy atom. The highest BCUT2D eigenvalue weighted by atomic mass is 16.3. The van der Waals surface area contributed by atoms with E-state index in [2.05, 4.69) is 46.0 Å². The Labute approximate surface area is 101 Å². The first-order valence-corrected chi connectivity index (χ1v) is 6.51. The van der Waals surface area contributed by atoms with Crippen molar-refractivity contribution in [1.82, 2.24) is 5.32 Å². The zero-order valence-electron chi connectivity index (χ0n) is 11.6. The van der Waals surface area contributed by atoms with Gasteiger partial charge in [0.1, 0.15) is 0 Å². The molecule has 0 saturated carbocycles. The number of aliphatic hydroxyl groups excluding tert-OH is 1. The van der Waals surface area contributed by atoms with Gasteiger partial charge in [0.05, 0.1) is 6.61 Å². The van der Waals surface area contributed by atoms with E-state index < -0.39 is 0 Å². The van der Waals surface area contributed by atoms with E-state index in [-0.39, 0.29) is 12.6 Å². The van der Waals surface area contributed by atoms with Gasteiger partial charge in [0.2, 0.25) is 0 Å². The molecule has 3 atom stereocenters. The van der Waals surface area contributed by atoms with Crippen LogP contribution in [0.25, 0.3) is 0 Å². The molecule has 0 aliphatic rings. The van der Waals surface area contributed by atoms with E-state index >= 15 is 0 Å². The van der Waals surface area contributed by atoms with Crippen LogP contribution in [0.5, 0.6) is 0 Å². The third kappa shape index (κ3) is 7.02. The number of hydrogen-bond acceptors (Lipinski definition) is 2. The van der Waals surface area contributed by atoms with Crippen LogP contribution in [0.4, 0.5) is 0 Å².